The smallest absolute Gasteiger partial charge is 0.306 e. The second-order valence-electron chi connectivity index (χ2n) is 21.2. The van der Waals surface area contributed by atoms with Crippen molar-refractivity contribution in [3.05, 3.63) is 0 Å². The third-order valence-corrected chi connectivity index (χ3v) is 13.5. The molecule has 0 amide bonds. The van der Waals surface area contributed by atoms with Crippen LogP contribution in [0.4, 0.5) is 0 Å². The molecule has 0 aromatic heterocycles. The fourth-order valence-corrected chi connectivity index (χ4v) is 9.05. The first-order valence-corrected chi connectivity index (χ1v) is 29.2. The maximum absolute atomic E-state index is 12.9. The Balaban J connectivity index is 4.24. The number of esters is 3. The van der Waals surface area contributed by atoms with E-state index in [0.29, 0.717) is 19.3 Å². The van der Waals surface area contributed by atoms with Crippen LogP contribution >= 0.6 is 0 Å². The summed E-state index contributed by atoms with van der Waals surface area (Å²) in [7, 11) is 0. The number of carbonyl (C=O) groups excluding carboxylic acids is 3. The van der Waals surface area contributed by atoms with Gasteiger partial charge >= 0.3 is 17.9 Å². The standard InChI is InChI=1S/C59H114O6/c1-6-7-8-9-10-11-22-29-34-39-44-49-57(60)63-52-56(53-64-58(61)50-45-40-35-30-25-21-20-24-28-33-38-43-48-55(4)5)65-59(62)51-46-41-36-31-26-19-17-15-13-12-14-16-18-23-27-32-37-42-47-54(2)3/h54-56H,6-53H2,1-5H3/t56-/m0/s1. The molecular formula is C59H114O6. The first-order valence-electron chi connectivity index (χ1n) is 29.2. The molecule has 6 nitrogen and oxygen atoms in total. The minimum Gasteiger partial charge on any atom is -0.462 e. The van der Waals surface area contributed by atoms with Crippen LogP contribution in [0.3, 0.4) is 0 Å². The number of hydrogen-bond donors (Lipinski definition) is 0. The highest BCUT2D eigenvalue weighted by molar-refractivity contribution is 5.71. The van der Waals surface area contributed by atoms with Gasteiger partial charge in [0.2, 0.25) is 0 Å². The third-order valence-electron chi connectivity index (χ3n) is 13.5. The molecule has 0 bridgehead atoms. The lowest BCUT2D eigenvalue weighted by atomic mass is 10.0. The van der Waals surface area contributed by atoms with Crippen molar-refractivity contribution in [2.24, 2.45) is 11.8 Å². The van der Waals surface area contributed by atoms with E-state index in [2.05, 4.69) is 34.6 Å². The molecule has 0 saturated carbocycles. The molecule has 0 aliphatic carbocycles. The van der Waals surface area contributed by atoms with Crippen LogP contribution in [0.25, 0.3) is 0 Å². The van der Waals surface area contributed by atoms with Crippen molar-refractivity contribution in [1.29, 1.82) is 0 Å². The van der Waals surface area contributed by atoms with Crippen molar-refractivity contribution >= 4 is 17.9 Å². The quantitative estimate of drug-likeness (QED) is 0.0344. The minimum atomic E-state index is -0.762. The average Bonchev–Trinajstić information content (AvgIpc) is 3.28. The van der Waals surface area contributed by atoms with E-state index < -0.39 is 6.10 Å². The highest BCUT2D eigenvalue weighted by Gasteiger charge is 2.19. The molecule has 0 unspecified atom stereocenters. The molecule has 0 heterocycles. The Kier molecular flexibility index (Phi) is 50.5. The Hall–Kier alpha value is -1.59. The molecule has 1 atom stereocenters. The summed E-state index contributed by atoms with van der Waals surface area (Å²) in [6.07, 6.45) is 55.3. The molecule has 0 radical (unpaired) electrons. The van der Waals surface area contributed by atoms with Gasteiger partial charge < -0.3 is 14.2 Å². The van der Waals surface area contributed by atoms with Crippen molar-refractivity contribution < 1.29 is 28.6 Å². The highest BCUT2D eigenvalue weighted by atomic mass is 16.6. The summed E-state index contributed by atoms with van der Waals surface area (Å²) < 4.78 is 16.9. The van der Waals surface area contributed by atoms with E-state index in [4.69, 9.17) is 14.2 Å². The van der Waals surface area contributed by atoms with Gasteiger partial charge in [-0.25, -0.2) is 0 Å². The Morgan fingerprint density at radius 3 is 0.754 bits per heavy atom. The summed E-state index contributed by atoms with van der Waals surface area (Å²) in [5.74, 6) is 0.853. The molecule has 0 aromatic carbocycles. The van der Waals surface area contributed by atoms with Gasteiger partial charge in [0.1, 0.15) is 13.2 Å². The largest absolute Gasteiger partial charge is 0.462 e. The van der Waals surface area contributed by atoms with Gasteiger partial charge in [0, 0.05) is 19.3 Å². The zero-order valence-electron chi connectivity index (χ0n) is 44.6. The Morgan fingerprint density at radius 2 is 0.508 bits per heavy atom. The van der Waals surface area contributed by atoms with E-state index in [0.717, 1.165) is 69.6 Å². The lowest BCUT2D eigenvalue weighted by molar-refractivity contribution is -0.167. The molecule has 0 fully saturated rings. The van der Waals surface area contributed by atoms with Crippen LogP contribution in [-0.4, -0.2) is 37.2 Å². The lowest BCUT2D eigenvalue weighted by Gasteiger charge is -2.18. The van der Waals surface area contributed by atoms with Gasteiger partial charge in [-0.2, -0.15) is 0 Å². The van der Waals surface area contributed by atoms with Crippen LogP contribution in [-0.2, 0) is 28.6 Å². The van der Waals surface area contributed by atoms with E-state index in [-0.39, 0.29) is 31.1 Å². The Labute approximate surface area is 406 Å². The molecular weight excluding hydrogens is 805 g/mol. The SMILES string of the molecule is CCCCCCCCCCCCCC(=O)OC[C@@H](COC(=O)CCCCCCCCCCCCCCC(C)C)OC(=O)CCCCCCCCCCCCCCCCCCCCC(C)C. The van der Waals surface area contributed by atoms with Crippen LogP contribution in [0.15, 0.2) is 0 Å². The molecule has 0 aromatic rings. The number of carbonyl (C=O) groups is 3. The maximum Gasteiger partial charge on any atom is 0.306 e. The number of hydrogen-bond acceptors (Lipinski definition) is 6. The first-order chi connectivity index (χ1) is 31.7. The van der Waals surface area contributed by atoms with E-state index in [1.54, 1.807) is 0 Å². The molecule has 386 valence electrons. The molecule has 65 heavy (non-hydrogen) atoms. The van der Waals surface area contributed by atoms with Crippen molar-refractivity contribution in [2.45, 2.75) is 336 Å². The second kappa shape index (κ2) is 51.8. The first kappa shape index (κ1) is 63.4. The second-order valence-corrected chi connectivity index (χ2v) is 21.2. The van der Waals surface area contributed by atoms with Crippen LogP contribution in [0.5, 0.6) is 0 Å². The summed E-state index contributed by atoms with van der Waals surface area (Å²) in [6, 6.07) is 0. The predicted octanol–water partition coefficient (Wildman–Crippen LogP) is 19.3. The average molecular weight is 920 g/mol. The predicted molar refractivity (Wildman–Crippen MR) is 280 cm³/mol. The molecule has 0 aliphatic heterocycles. The van der Waals surface area contributed by atoms with Crippen molar-refractivity contribution in [2.75, 3.05) is 13.2 Å². The topological polar surface area (TPSA) is 78.9 Å². The molecule has 0 saturated heterocycles. The molecule has 6 heteroatoms. The number of rotatable bonds is 53. The fraction of sp³-hybridized carbons (Fsp3) is 0.949. The third kappa shape index (κ3) is 53.2. The highest BCUT2D eigenvalue weighted by Crippen LogP contribution is 2.18. The van der Waals surface area contributed by atoms with Gasteiger partial charge in [0.15, 0.2) is 6.10 Å². The van der Waals surface area contributed by atoms with E-state index in [1.165, 1.54) is 218 Å². The van der Waals surface area contributed by atoms with Gasteiger partial charge in [-0.05, 0) is 31.1 Å². The monoisotopic (exact) mass is 919 g/mol. The van der Waals surface area contributed by atoms with Crippen molar-refractivity contribution in [3.8, 4) is 0 Å². The maximum atomic E-state index is 12.9. The van der Waals surface area contributed by atoms with Crippen LogP contribution in [0, 0.1) is 11.8 Å². The summed E-state index contributed by atoms with van der Waals surface area (Å²) in [5, 5.41) is 0. The Bertz CT molecular complexity index is 993. The van der Waals surface area contributed by atoms with Crippen LogP contribution in [0.1, 0.15) is 330 Å². The van der Waals surface area contributed by atoms with Gasteiger partial charge in [-0.1, -0.05) is 291 Å². The molecule has 0 aliphatic rings. The van der Waals surface area contributed by atoms with E-state index in [9.17, 15) is 14.4 Å². The molecule has 0 spiro atoms. The van der Waals surface area contributed by atoms with Crippen molar-refractivity contribution in [1.82, 2.24) is 0 Å². The Morgan fingerprint density at radius 1 is 0.292 bits per heavy atom. The van der Waals surface area contributed by atoms with Gasteiger partial charge in [0.25, 0.3) is 0 Å². The van der Waals surface area contributed by atoms with Crippen LogP contribution in [0.2, 0.25) is 0 Å². The number of ether oxygens (including phenoxy) is 3. The zero-order chi connectivity index (χ0) is 47.5. The van der Waals surface area contributed by atoms with Gasteiger partial charge in [-0.15, -0.1) is 0 Å². The minimum absolute atomic E-state index is 0.0627. The normalized spacial score (nSPS) is 12.0. The van der Waals surface area contributed by atoms with Gasteiger partial charge in [-0.3, -0.25) is 14.4 Å². The summed E-state index contributed by atoms with van der Waals surface area (Å²) in [6.45, 7) is 11.4. The van der Waals surface area contributed by atoms with E-state index >= 15 is 0 Å². The molecule has 0 N–H and O–H groups in total. The lowest BCUT2D eigenvalue weighted by Crippen LogP contribution is -2.30. The summed E-state index contributed by atoms with van der Waals surface area (Å²) in [4.78, 5) is 38.1. The summed E-state index contributed by atoms with van der Waals surface area (Å²) >= 11 is 0. The molecule has 0 rings (SSSR count). The fourth-order valence-electron chi connectivity index (χ4n) is 9.05. The van der Waals surface area contributed by atoms with Crippen molar-refractivity contribution in [3.63, 3.8) is 0 Å². The van der Waals surface area contributed by atoms with Gasteiger partial charge in [0.05, 0.1) is 0 Å². The van der Waals surface area contributed by atoms with E-state index in [1.807, 2.05) is 0 Å². The van der Waals surface area contributed by atoms with Crippen LogP contribution < -0.4 is 0 Å². The summed E-state index contributed by atoms with van der Waals surface area (Å²) in [5.41, 5.74) is 0. The zero-order valence-corrected chi connectivity index (χ0v) is 44.6. The number of unbranched alkanes of at least 4 members (excludes halogenated alkanes) is 38.